The first kappa shape index (κ1) is 15.6. The van der Waals surface area contributed by atoms with Crippen LogP contribution in [0.3, 0.4) is 0 Å². The van der Waals surface area contributed by atoms with E-state index in [2.05, 4.69) is 9.97 Å². The molecule has 0 aliphatic carbocycles. The number of Topliss-reactive ketones (excluding diaryl/α,β-unsaturated/α-hetero) is 1. The summed E-state index contributed by atoms with van der Waals surface area (Å²) in [4.78, 5) is 31.6. The van der Waals surface area contributed by atoms with Crippen LogP contribution in [0.15, 0.2) is 30.5 Å². The number of carboxylic acids is 1. The van der Waals surface area contributed by atoms with Gasteiger partial charge in [0.25, 0.3) is 0 Å². The molecule has 0 unspecified atom stereocenters. The molecule has 0 bridgehead atoms. The van der Waals surface area contributed by atoms with Gasteiger partial charge in [-0.2, -0.15) is 0 Å². The number of nitrogens with zero attached hydrogens (tertiary/aromatic N) is 2. The largest absolute Gasteiger partial charge is 0.497 e. The van der Waals surface area contributed by atoms with Gasteiger partial charge in [-0.15, -0.1) is 0 Å². The van der Waals surface area contributed by atoms with Gasteiger partial charge in [0.1, 0.15) is 5.75 Å². The van der Waals surface area contributed by atoms with Crippen LogP contribution in [0.25, 0.3) is 11.4 Å². The van der Waals surface area contributed by atoms with Crippen molar-refractivity contribution in [1.82, 2.24) is 9.97 Å². The molecule has 0 amide bonds. The first-order valence-corrected chi connectivity index (χ1v) is 6.73. The Hall–Kier alpha value is -2.76. The zero-order valence-corrected chi connectivity index (χ0v) is 12.5. The van der Waals surface area contributed by atoms with Gasteiger partial charge in [0.15, 0.2) is 17.3 Å². The van der Waals surface area contributed by atoms with E-state index in [0.29, 0.717) is 11.3 Å². The van der Waals surface area contributed by atoms with Gasteiger partial charge in [-0.25, -0.2) is 14.8 Å². The quantitative estimate of drug-likeness (QED) is 0.854. The number of rotatable bonds is 5. The van der Waals surface area contributed by atoms with E-state index in [1.54, 1.807) is 38.1 Å². The second kappa shape index (κ2) is 6.34. The molecule has 0 atom stereocenters. The van der Waals surface area contributed by atoms with Crippen molar-refractivity contribution >= 4 is 11.8 Å². The monoisotopic (exact) mass is 300 g/mol. The summed E-state index contributed by atoms with van der Waals surface area (Å²) in [6.45, 7) is 3.40. The van der Waals surface area contributed by atoms with Crippen LogP contribution in [-0.4, -0.2) is 33.9 Å². The Kier molecular flexibility index (Phi) is 4.50. The smallest absolute Gasteiger partial charge is 0.355 e. The van der Waals surface area contributed by atoms with Crippen molar-refractivity contribution in [3.05, 3.63) is 41.7 Å². The third-order valence-corrected chi connectivity index (χ3v) is 3.11. The molecule has 1 heterocycles. The average molecular weight is 300 g/mol. The second-order valence-corrected chi connectivity index (χ2v) is 5.01. The molecule has 0 aliphatic rings. The number of hydrogen-bond donors (Lipinski definition) is 1. The van der Waals surface area contributed by atoms with Crippen LogP contribution < -0.4 is 4.74 Å². The summed E-state index contributed by atoms with van der Waals surface area (Å²) in [7, 11) is 1.53. The van der Waals surface area contributed by atoms with E-state index in [-0.39, 0.29) is 28.8 Å². The lowest BCUT2D eigenvalue weighted by molar-refractivity contribution is 0.0684. The Morgan fingerprint density at radius 1 is 1.27 bits per heavy atom. The van der Waals surface area contributed by atoms with E-state index < -0.39 is 5.97 Å². The van der Waals surface area contributed by atoms with E-state index in [1.807, 2.05) is 0 Å². The number of carboxylic acid groups (broad SMARTS) is 1. The van der Waals surface area contributed by atoms with Crippen LogP contribution in [0.5, 0.6) is 5.75 Å². The lowest BCUT2D eigenvalue weighted by Crippen LogP contribution is -2.16. The van der Waals surface area contributed by atoms with Crippen molar-refractivity contribution < 1.29 is 19.4 Å². The minimum atomic E-state index is -1.25. The Morgan fingerprint density at radius 2 is 2.00 bits per heavy atom. The molecule has 2 rings (SSSR count). The van der Waals surface area contributed by atoms with E-state index in [9.17, 15) is 14.7 Å². The second-order valence-electron chi connectivity index (χ2n) is 5.01. The Bertz CT molecular complexity index is 726. The van der Waals surface area contributed by atoms with Crippen LogP contribution >= 0.6 is 0 Å². The molecule has 1 aromatic heterocycles. The number of ether oxygens (including phenoxy) is 1. The number of carbonyl (C=O) groups is 2. The highest BCUT2D eigenvalue weighted by atomic mass is 16.5. The van der Waals surface area contributed by atoms with Crippen molar-refractivity contribution in [3.63, 3.8) is 0 Å². The molecule has 6 nitrogen and oxygen atoms in total. The summed E-state index contributed by atoms with van der Waals surface area (Å²) >= 11 is 0. The van der Waals surface area contributed by atoms with Crippen molar-refractivity contribution in [2.45, 2.75) is 13.8 Å². The normalized spacial score (nSPS) is 10.5. The maximum absolute atomic E-state index is 12.1. The van der Waals surface area contributed by atoms with Crippen LogP contribution in [0.4, 0.5) is 0 Å². The van der Waals surface area contributed by atoms with Crippen molar-refractivity contribution in [1.29, 1.82) is 0 Å². The predicted octanol–water partition coefficient (Wildman–Crippen LogP) is 2.69. The number of carbonyl (C=O) groups excluding carboxylic acids is 1. The molecule has 0 radical (unpaired) electrons. The van der Waals surface area contributed by atoms with E-state index >= 15 is 0 Å². The highest BCUT2D eigenvalue weighted by Gasteiger charge is 2.22. The fourth-order valence-corrected chi connectivity index (χ4v) is 1.94. The van der Waals surface area contributed by atoms with Crippen molar-refractivity contribution in [3.8, 4) is 17.1 Å². The van der Waals surface area contributed by atoms with Crippen LogP contribution in [0, 0.1) is 5.92 Å². The molecule has 0 saturated heterocycles. The molecule has 0 fully saturated rings. The molecule has 1 N–H and O–H groups in total. The molecule has 114 valence electrons. The highest BCUT2D eigenvalue weighted by Crippen LogP contribution is 2.22. The topological polar surface area (TPSA) is 89.4 Å². The summed E-state index contributed by atoms with van der Waals surface area (Å²) in [5.41, 5.74) is 0.353. The van der Waals surface area contributed by atoms with Crippen LogP contribution in [-0.2, 0) is 0 Å². The molecular formula is C16H16N2O4. The van der Waals surface area contributed by atoms with Crippen molar-refractivity contribution in [2.75, 3.05) is 7.11 Å². The molecular weight excluding hydrogens is 284 g/mol. The minimum absolute atomic E-state index is 0.0224. The number of benzene rings is 1. The van der Waals surface area contributed by atoms with Gasteiger partial charge in [0, 0.05) is 17.7 Å². The minimum Gasteiger partial charge on any atom is -0.497 e. The van der Waals surface area contributed by atoms with E-state index in [1.165, 1.54) is 13.3 Å². The third-order valence-electron chi connectivity index (χ3n) is 3.11. The molecule has 2 aromatic rings. The molecule has 1 aromatic carbocycles. The lowest BCUT2D eigenvalue weighted by Gasteiger charge is -2.09. The number of ketones is 1. The number of hydrogen-bond acceptors (Lipinski definition) is 5. The maximum Gasteiger partial charge on any atom is 0.355 e. The van der Waals surface area contributed by atoms with Gasteiger partial charge in [-0.05, 0) is 12.1 Å². The van der Waals surface area contributed by atoms with Gasteiger partial charge in [-0.1, -0.05) is 26.0 Å². The maximum atomic E-state index is 12.1. The molecule has 0 aliphatic heterocycles. The van der Waals surface area contributed by atoms with Gasteiger partial charge < -0.3 is 9.84 Å². The average Bonchev–Trinajstić information content (AvgIpc) is 2.53. The van der Waals surface area contributed by atoms with Gasteiger partial charge in [0.05, 0.1) is 12.7 Å². The summed E-state index contributed by atoms with van der Waals surface area (Å²) in [5, 5.41) is 9.30. The fraction of sp³-hybridized carbons (Fsp3) is 0.250. The third kappa shape index (κ3) is 3.11. The standard InChI is InChI=1S/C16H16N2O4/c1-9(2)14(19)12-8-17-15(18-13(12)16(20)21)10-5-4-6-11(7-10)22-3/h4-9H,1-3H3,(H,20,21). The predicted molar refractivity (Wildman–Crippen MR) is 80.1 cm³/mol. The van der Waals surface area contributed by atoms with E-state index in [0.717, 1.165) is 0 Å². The Labute approximate surface area is 127 Å². The van der Waals surface area contributed by atoms with Crippen LogP contribution in [0.1, 0.15) is 34.7 Å². The zero-order valence-electron chi connectivity index (χ0n) is 12.5. The van der Waals surface area contributed by atoms with Crippen LogP contribution in [0.2, 0.25) is 0 Å². The summed E-state index contributed by atoms with van der Waals surface area (Å²) in [5.74, 6) is -1.04. The van der Waals surface area contributed by atoms with Gasteiger partial charge in [-0.3, -0.25) is 4.79 Å². The number of aromatic carboxylic acids is 1. The Balaban J connectivity index is 2.54. The molecule has 0 saturated carbocycles. The first-order chi connectivity index (χ1) is 10.4. The lowest BCUT2D eigenvalue weighted by atomic mass is 10.0. The summed E-state index contributed by atoms with van der Waals surface area (Å²) in [6.07, 6.45) is 1.27. The number of methoxy groups -OCH3 is 1. The SMILES string of the molecule is COc1cccc(-c2ncc(C(=O)C(C)C)c(C(=O)O)n2)c1. The van der Waals surface area contributed by atoms with Crippen molar-refractivity contribution in [2.24, 2.45) is 5.92 Å². The van der Waals surface area contributed by atoms with Gasteiger partial charge in [0.2, 0.25) is 0 Å². The molecule has 22 heavy (non-hydrogen) atoms. The fourth-order valence-electron chi connectivity index (χ4n) is 1.94. The highest BCUT2D eigenvalue weighted by molar-refractivity contribution is 6.05. The van der Waals surface area contributed by atoms with Gasteiger partial charge >= 0.3 is 5.97 Å². The zero-order chi connectivity index (χ0) is 16.3. The summed E-state index contributed by atoms with van der Waals surface area (Å²) < 4.78 is 5.12. The summed E-state index contributed by atoms with van der Waals surface area (Å²) in [6, 6.07) is 6.96. The first-order valence-electron chi connectivity index (χ1n) is 6.73. The Morgan fingerprint density at radius 3 is 2.59 bits per heavy atom. The van der Waals surface area contributed by atoms with E-state index in [4.69, 9.17) is 4.74 Å². The molecule has 0 spiro atoms. The molecule has 6 heteroatoms. The number of aromatic nitrogens is 2.